The van der Waals surface area contributed by atoms with Crippen molar-refractivity contribution in [1.82, 2.24) is 14.5 Å². The largest absolute Gasteiger partial charge is 0.355 e. The first-order valence-electron chi connectivity index (χ1n) is 8.60. The van der Waals surface area contributed by atoms with E-state index in [0.717, 1.165) is 17.7 Å². The monoisotopic (exact) mass is 379 g/mol. The Morgan fingerprint density at radius 3 is 2.19 bits per heavy atom. The van der Waals surface area contributed by atoms with Crippen LogP contribution in [0.4, 0.5) is 0 Å². The van der Waals surface area contributed by atoms with E-state index in [-0.39, 0.29) is 25.3 Å². The Morgan fingerprint density at radius 1 is 1.04 bits per heavy atom. The summed E-state index contributed by atoms with van der Waals surface area (Å²) in [5.41, 5.74) is 0.684. The van der Waals surface area contributed by atoms with Crippen molar-refractivity contribution in [2.24, 2.45) is 0 Å². The molecule has 8 nitrogen and oxygen atoms in total. The number of fused-ring (bicyclic) bond motifs is 1. The SMILES string of the molecule is O=C(CCN1C(=O)c2ccccc2C1=O)NCCS(=O)(=O)N1CCCC1. The van der Waals surface area contributed by atoms with Gasteiger partial charge in [0.15, 0.2) is 0 Å². The number of sulfonamides is 1. The average Bonchev–Trinajstić information content (AvgIpc) is 3.23. The highest BCUT2D eigenvalue weighted by Gasteiger charge is 2.35. The maximum Gasteiger partial charge on any atom is 0.261 e. The number of carbonyl (C=O) groups is 3. The summed E-state index contributed by atoms with van der Waals surface area (Å²) in [7, 11) is -3.34. The van der Waals surface area contributed by atoms with Crippen LogP contribution in [0, 0.1) is 0 Å². The molecule has 2 aliphatic rings. The van der Waals surface area contributed by atoms with Crippen LogP contribution in [0.3, 0.4) is 0 Å². The van der Waals surface area contributed by atoms with Crippen LogP contribution in [0.5, 0.6) is 0 Å². The number of amides is 3. The lowest BCUT2D eigenvalue weighted by Gasteiger charge is -2.16. The second kappa shape index (κ2) is 7.55. The van der Waals surface area contributed by atoms with Gasteiger partial charge in [-0.3, -0.25) is 19.3 Å². The molecule has 1 saturated heterocycles. The summed E-state index contributed by atoms with van der Waals surface area (Å²) >= 11 is 0. The molecule has 2 aliphatic heterocycles. The number of nitrogens with zero attached hydrogens (tertiary/aromatic N) is 2. The summed E-state index contributed by atoms with van der Waals surface area (Å²) < 4.78 is 25.6. The molecular weight excluding hydrogens is 358 g/mol. The Kier molecular flexibility index (Phi) is 5.38. The van der Waals surface area contributed by atoms with E-state index in [1.807, 2.05) is 0 Å². The molecule has 1 N–H and O–H groups in total. The summed E-state index contributed by atoms with van der Waals surface area (Å²) in [6, 6.07) is 6.53. The molecule has 0 aliphatic carbocycles. The molecule has 0 saturated carbocycles. The van der Waals surface area contributed by atoms with Gasteiger partial charge in [-0.05, 0) is 25.0 Å². The second-order valence-electron chi connectivity index (χ2n) is 6.33. The van der Waals surface area contributed by atoms with Gasteiger partial charge in [0.25, 0.3) is 11.8 Å². The van der Waals surface area contributed by atoms with Gasteiger partial charge in [0.1, 0.15) is 0 Å². The minimum atomic E-state index is -3.34. The zero-order chi connectivity index (χ0) is 18.7. The maximum absolute atomic E-state index is 12.2. The van der Waals surface area contributed by atoms with E-state index in [4.69, 9.17) is 0 Å². The van der Waals surface area contributed by atoms with Crippen molar-refractivity contribution >= 4 is 27.7 Å². The number of imide groups is 1. The second-order valence-corrected chi connectivity index (χ2v) is 8.42. The molecule has 1 aromatic carbocycles. The topological polar surface area (TPSA) is 104 Å². The summed E-state index contributed by atoms with van der Waals surface area (Å²) in [6.45, 7) is 1.06. The van der Waals surface area contributed by atoms with Crippen molar-refractivity contribution in [3.05, 3.63) is 35.4 Å². The van der Waals surface area contributed by atoms with Gasteiger partial charge in [0, 0.05) is 32.6 Å². The van der Waals surface area contributed by atoms with Gasteiger partial charge in [-0.15, -0.1) is 0 Å². The first-order valence-corrected chi connectivity index (χ1v) is 10.2. The number of carbonyl (C=O) groups excluding carboxylic acids is 3. The first kappa shape index (κ1) is 18.5. The number of hydrogen-bond donors (Lipinski definition) is 1. The highest BCUT2D eigenvalue weighted by atomic mass is 32.2. The van der Waals surface area contributed by atoms with Crippen LogP contribution in [0.2, 0.25) is 0 Å². The predicted molar refractivity (Wildman–Crippen MR) is 94.0 cm³/mol. The van der Waals surface area contributed by atoms with Crippen LogP contribution < -0.4 is 5.32 Å². The molecule has 0 spiro atoms. The molecule has 0 bridgehead atoms. The van der Waals surface area contributed by atoms with Gasteiger partial charge in [-0.1, -0.05) is 12.1 Å². The van der Waals surface area contributed by atoms with Crippen molar-refractivity contribution in [2.45, 2.75) is 19.3 Å². The Morgan fingerprint density at radius 2 is 1.62 bits per heavy atom. The van der Waals surface area contributed by atoms with Crippen LogP contribution in [-0.2, 0) is 14.8 Å². The molecule has 26 heavy (non-hydrogen) atoms. The van der Waals surface area contributed by atoms with Gasteiger partial charge >= 0.3 is 0 Å². The van der Waals surface area contributed by atoms with Crippen molar-refractivity contribution in [3.8, 4) is 0 Å². The van der Waals surface area contributed by atoms with E-state index in [0.29, 0.717) is 24.2 Å². The van der Waals surface area contributed by atoms with Crippen LogP contribution in [-0.4, -0.2) is 67.3 Å². The predicted octanol–water partition coefficient (Wildman–Crippen LogP) is 0.215. The molecule has 3 rings (SSSR count). The van der Waals surface area contributed by atoms with E-state index in [1.54, 1.807) is 24.3 Å². The van der Waals surface area contributed by atoms with Crippen molar-refractivity contribution in [2.75, 3.05) is 31.9 Å². The first-order chi connectivity index (χ1) is 12.4. The highest BCUT2D eigenvalue weighted by molar-refractivity contribution is 7.89. The van der Waals surface area contributed by atoms with Crippen molar-refractivity contribution in [1.29, 1.82) is 0 Å². The standard InChI is InChI=1S/C17H21N3O5S/c21-15(18-8-12-26(24,25)19-9-3-4-10-19)7-11-20-16(22)13-5-1-2-6-14(13)17(20)23/h1-2,5-6H,3-4,7-12H2,(H,18,21). The molecule has 140 valence electrons. The van der Waals surface area contributed by atoms with E-state index in [1.165, 1.54) is 4.31 Å². The average molecular weight is 379 g/mol. The van der Waals surface area contributed by atoms with Crippen LogP contribution in [0.1, 0.15) is 40.0 Å². The molecule has 3 amide bonds. The van der Waals surface area contributed by atoms with Gasteiger partial charge in [-0.25, -0.2) is 12.7 Å². The number of benzene rings is 1. The van der Waals surface area contributed by atoms with E-state index in [9.17, 15) is 22.8 Å². The molecular formula is C17H21N3O5S. The van der Waals surface area contributed by atoms with E-state index in [2.05, 4.69) is 5.32 Å². The van der Waals surface area contributed by atoms with Crippen LogP contribution in [0.15, 0.2) is 24.3 Å². The summed E-state index contributed by atoms with van der Waals surface area (Å²) in [4.78, 5) is 37.4. The Balaban J connectivity index is 1.45. The summed E-state index contributed by atoms with van der Waals surface area (Å²) in [5.74, 6) is -1.35. The van der Waals surface area contributed by atoms with Gasteiger partial charge in [-0.2, -0.15) is 0 Å². The fourth-order valence-corrected chi connectivity index (χ4v) is 4.59. The highest BCUT2D eigenvalue weighted by Crippen LogP contribution is 2.22. The zero-order valence-electron chi connectivity index (χ0n) is 14.3. The molecule has 2 heterocycles. The summed E-state index contributed by atoms with van der Waals surface area (Å²) in [5, 5.41) is 2.54. The molecule has 0 aromatic heterocycles. The quantitative estimate of drug-likeness (QED) is 0.682. The summed E-state index contributed by atoms with van der Waals surface area (Å²) in [6.07, 6.45) is 1.67. The Bertz CT molecular complexity index is 796. The van der Waals surface area contributed by atoms with E-state index < -0.39 is 27.7 Å². The molecule has 0 atom stereocenters. The molecule has 1 aromatic rings. The van der Waals surface area contributed by atoms with Crippen LogP contribution in [0.25, 0.3) is 0 Å². The van der Waals surface area contributed by atoms with Crippen molar-refractivity contribution < 1.29 is 22.8 Å². The molecule has 0 unspecified atom stereocenters. The third-order valence-corrected chi connectivity index (χ3v) is 6.45. The Labute approximate surface area is 152 Å². The molecule has 9 heteroatoms. The van der Waals surface area contributed by atoms with Crippen LogP contribution >= 0.6 is 0 Å². The number of nitrogens with one attached hydrogen (secondary N) is 1. The third-order valence-electron chi connectivity index (χ3n) is 4.58. The zero-order valence-corrected chi connectivity index (χ0v) is 15.1. The lowest BCUT2D eigenvalue weighted by molar-refractivity contribution is -0.121. The van der Waals surface area contributed by atoms with Gasteiger partial charge in [0.05, 0.1) is 16.9 Å². The van der Waals surface area contributed by atoms with Crippen molar-refractivity contribution in [3.63, 3.8) is 0 Å². The lowest BCUT2D eigenvalue weighted by atomic mass is 10.1. The van der Waals surface area contributed by atoms with Gasteiger partial charge < -0.3 is 5.32 Å². The maximum atomic E-state index is 12.2. The van der Waals surface area contributed by atoms with E-state index >= 15 is 0 Å². The minimum absolute atomic E-state index is 0.0137. The lowest BCUT2D eigenvalue weighted by Crippen LogP contribution is -2.38. The van der Waals surface area contributed by atoms with Gasteiger partial charge in [0.2, 0.25) is 15.9 Å². The molecule has 0 radical (unpaired) electrons. The Hall–Kier alpha value is -2.26. The smallest absolute Gasteiger partial charge is 0.261 e. The fourth-order valence-electron chi connectivity index (χ4n) is 3.16. The number of rotatable bonds is 7. The normalized spacial score (nSPS) is 17.6. The number of hydrogen-bond acceptors (Lipinski definition) is 5. The molecule has 1 fully saturated rings. The third kappa shape index (κ3) is 3.78. The minimum Gasteiger partial charge on any atom is -0.355 e. The fraction of sp³-hybridized carbons (Fsp3) is 0.471.